The number of ether oxygens (including phenoxy) is 2. The summed E-state index contributed by atoms with van der Waals surface area (Å²) in [5.41, 5.74) is 5.39. The molecule has 0 bridgehead atoms. The van der Waals surface area contributed by atoms with Crippen LogP contribution >= 0.6 is 0 Å². The van der Waals surface area contributed by atoms with Gasteiger partial charge in [-0.1, -0.05) is 13.3 Å². The van der Waals surface area contributed by atoms with Crippen LogP contribution < -0.4 is 15.2 Å². The van der Waals surface area contributed by atoms with E-state index in [0.29, 0.717) is 18.6 Å². The molecule has 1 atom stereocenters. The van der Waals surface area contributed by atoms with E-state index in [0.717, 1.165) is 0 Å². The number of benzene rings is 1. The molecule has 1 rings (SSSR count). The van der Waals surface area contributed by atoms with Crippen LogP contribution in [0.3, 0.4) is 0 Å². The summed E-state index contributed by atoms with van der Waals surface area (Å²) in [6, 6.07) is 4.37. The van der Waals surface area contributed by atoms with Crippen LogP contribution in [0.4, 0.5) is 0 Å². The van der Waals surface area contributed by atoms with Gasteiger partial charge in [-0.3, -0.25) is 4.79 Å². The summed E-state index contributed by atoms with van der Waals surface area (Å²) in [7, 11) is 1.44. The monoisotopic (exact) mass is 267 g/mol. The van der Waals surface area contributed by atoms with E-state index < -0.39 is 18.0 Å². The van der Waals surface area contributed by atoms with Gasteiger partial charge in [0.1, 0.15) is 11.5 Å². The molecule has 0 saturated carbocycles. The van der Waals surface area contributed by atoms with E-state index in [4.69, 9.17) is 20.3 Å². The highest BCUT2D eigenvalue weighted by molar-refractivity contribution is 5.93. The maximum absolute atomic E-state index is 11.2. The molecule has 0 radical (unpaired) electrons. The Kier molecular flexibility index (Phi) is 5.17. The number of primary amides is 1. The zero-order valence-corrected chi connectivity index (χ0v) is 10.9. The molecule has 6 heteroatoms. The second-order valence-corrected chi connectivity index (χ2v) is 3.99. The van der Waals surface area contributed by atoms with Gasteiger partial charge in [-0.05, 0) is 18.6 Å². The Morgan fingerprint density at radius 2 is 1.95 bits per heavy atom. The Bertz CT molecular complexity index is 472. The third-order valence-corrected chi connectivity index (χ3v) is 2.50. The van der Waals surface area contributed by atoms with Crippen molar-refractivity contribution in [3.05, 3.63) is 23.8 Å². The zero-order valence-electron chi connectivity index (χ0n) is 10.9. The molecule has 0 heterocycles. The summed E-state index contributed by atoms with van der Waals surface area (Å²) in [5, 5.41) is 9.02. The van der Waals surface area contributed by atoms with Gasteiger partial charge in [-0.25, -0.2) is 4.79 Å². The number of aliphatic carboxylic acids is 1. The summed E-state index contributed by atoms with van der Waals surface area (Å²) < 4.78 is 10.4. The van der Waals surface area contributed by atoms with Gasteiger partial charge in [0.2, 0.25) is 5.91 Å². The van der Waals surface area contributed by atoms with Crippen molar-refractivity contribution in [2.24, 2.45) is 5.73 Å². The maximum atomic E-state index is 11.2. The molecule has 0 aromatic heterocycles. The van der Waals surface area contributed by atoms with Gasteiger partial charge in [0.05, 0.1) is 7.11 Å². The summed E-state index contributed by atoms with van der Waals surface area (Å²) in [6.07, 6.45) is 0.0834. The molecule has 1 unspecified atom stereocenters. The van der Waals surface area contributed by atoms with Crippen molar-refractivity contribution in [3.8, 4) is 11.5 Å². The molecule has 3 N–H and O–H groups in total. The molecule has 104 valence electrons. The zero-order chi connectivity index (χ0) is 14.4. The second kappa shape index (κ2) is 6.63. The molecule has 0 saturated heterocycles. The number of nitrogens with two attached hydrogens (primary N) is 1. The lowest BCUT2D eigenvalue weighted by molar-refractivity contribution is -0.145. The van der Waals surface area contributed by atoms with Crippen molar-refractivity contribution in [3.63, 3.8) is 0 Å². The number of methoxy groups -OCH3 is 1. The SMILES string of the molecule is CCCC(Oc1cc(OC)cc(C(N)=O)c1)C(=O)O. The fourth-order valence-electron chi connectivity index (χ4n) is 1.56. The van der Waals surface area contributed by atoms with Crippen LogP contribution in [-0.2, 0) is 4.79 Å². The van der Waals surface area contributed by atoms with Crippen LogP contribution in [0.1, 0.15) is 30.1 Å². The molecule has 0 spiro atoms. The van der Waals surface area contributed by atoms with Crippen molar-refractivity contribution in [2.75, 3.05) is 7.11 Å². The van der Waals surface area contributed by atoms with Crippen LogP contribution in [0.2, 0.25) is 0 Å². The predicted molar refractivity (Wildman–Crippen MR) is 68.5 cm³/mol. The minimum absolute atomic E-state index is 0.204. The highest BCUT2D eigenvalue weighted by Crippen LogP contribution is 2.24. The van der Waals surface area contributed by atoms with Crippen molar-refractivity contribution in [2.45, 2.75) is 25.9 Å². The number of carboxylic acid groups (broad SMARTS) is 1. The number of carbonyl (C=O) groups is 2. The number of amides is 1. The van der Waals surface area contributed by atoms with Crippen molar-refractivity contribution in [1.82, 2.24) is 0 Å². The first kappa shape index (κ1) is 14.8. The van der Waals surface area contributed by atoms with Gasteiger partial charge in [0.15, 0.2) is 6.10 Å². The van der Waals surface area contributed by atoms with Crippen molar-refractivity contribution < 1.29 is 24.2 Å². The van der Waals surface area contributed by atoms with Gasteiger partial charge in [0, 0.05) is 11.6 Å². The molecular formula is C13H17NO5. The number of hydrogen-bond donors (Lipinski definition) is 2. The smallest absolute Gasteiger partial charge is 0.344 e. The Morgan fingerprint density at radius 1 is 1.32 bits per heavy atom. The molecule has 1 aromatic rings. The molecule has 0 aliphatic rings. The lowest BCUT2D eigenvalue weighted by Gasteiger charge is -2.15. The first-order valence-corrected chi connectivity index (χ1v) is 5.86. The standard InChI is InChI=1S/C13H17NO5/c1-3-4-11(13(16)17)19-10-6-8(12(14)15)5-9(7-10)18-2/h5-7,11H,3-4H2,1-2H3,(H2,14,15)(H,16,17). The van der Waals surface area contributed by atoms with E-state index in [2.05, 4.69) is 0 Å². The molecule has 6 nitrogen and oxygen atoms in total. The second-order valence-electron chi connectivity index (χ2n) is 3.99. The Balaban J connectivity index is 3.01. The number of rotatable bonds is 7. The highest BCUT2D eigenvalue weighted by Gasteiger charge is 2.19. The summed E-state index contributed by atoms with van der Waals surface area (Å²) in [6.45, 7) is 1.86. The largest absolute Gasteiger partial charge is 0.497 e. The molecular weight excluding hydrogens is 250 g/mol. The summed E-state index contributed by atoms with van der Waals surface area (Å²) in [4.78, 5) is 22.2. The van der Waals surface area contributed by atoms with Crippen LogP contribution in [-0.4, -0.2) is 30.2 Å². The molecule has 1 amide bonds. The average Bonchev–Trinajstić information content (AvgIpc) is 2.37. The first-order chi connectivity index (χ1) is 8.97. The summed E-state index contributed by atoms with van der Waals surface area (Å²) in [5.74, 6) is -1.06. The molecule has 0 aliphatic carbocycles. The number of hydrogen-bond acceptors (Lipinski definition) is 4. The summed E-state index contributed by atoms with van der Waals surface area (Å²) >= 11 is 0. The van der Waals surface area contributed by atoms with Crippen molar-refractivity contribution in [1.29, 1.82) is 0 Å². The van der Waals surface area contributed by atoms with E-state index in [1.165, 1.54) is 25.3 Å². The topological polar surface area (TPSA) is 98.9 Å². The van der Waals surface area contributed by atoms with Crippen LogP contribution in [0, 0.1) is 0 Å². The fourth-order valence-corrected chi connectivity index (χ4v) is 1.56. The van der Waals surface area contributed by atoms with E-state index >= 15 is 0 Å². The Hall–Kier alpha value is -2.24. The fraction of sp³-hybridized carbons (Fsp3) is 0.385. The van der Waals surface area contributed by atoms with Crippen LogP contribution in [0.25, 0.3) is 0 Å². The normalized spacial score (nSPS) is 11.7. The first-order valence-electron chi connectivity index (χ1n) is 5.86. The van der Waals surface area contributed by atoms with E-state index in [1.54, 1.807) is 0 Å². The van der Waals surface area contributed by atoms with Gasteiger partial charge < -0.3 is 20.3 Å². The minimum atomic E-state index is -1.05. The van der Waals surface area contributed by atoms with Gasteiger partial charge in [-0.15, -0.1) is 0 Å². The predicted octanol–water partition coefficient (Wildman–Crippen LogP) is 1.43. The quantitative estimate of drug-likeness (QED) is 0.778. The highest BCUT2D eigenvalue weighted by atomic mass is 16.5. The van der Waals surface area contributed by atoms with Crippen LogP contribution in [0.15, 0.2) is 18.2 Å². The van der Waals surface area contributed by atoms with Gasteiger partial charge in [-0.2, -0.15) is 0 Å². The Labute approximate surface area is 111 Å². The molecule has 0 fully saturated rings. The van der Waals surface area contributed by atoms with E-state index in [1.807, 2.05) is 6.92 Å². The number of carbonyl (C=O) groups excluding carboxylic acids is 1. The van der Waals surface area contributed by atoms with E-state index in [-0.39, 0.29) is 11.3 Å². The molecule has 0 aliphatic heterocycles. The Morgan fingerprint density at radius 3 is 2.42 bits per heavy atom. The van der Waals surface area contributed by atoms with Crippen LogP contribution in [0.5, 0.6) is 11.5 Å². The maximum Gasteiger partial charge on any atom is 0.344 e. The average molecular weight is 267 g/mol. The van der Waals surface area contributed by atoms with Crippen molar-refractivity contribution >= 4 is 11.9 Å². The molecule has 1 aromatic carbocycles. The van der Waals surface area contributed by atoms with Gasteiger partial charge in [0.25, 0.3) is 0 Å². The lowest BCUT2D eigenvalue weighted by Crippen LogP contribution is -2.26. The van der Waals surface area contributed by atoms with E-state index in [9.17, 15) is 9.59 Å². The third-order valence-electron chi connectivity index (χ3n) is 2.50. The number of carboxylic acids is 1. The molecule has 19 heavy (non-hydrogen) atoms. The lowest BCUT2D eigenvalue weighted by atomic mass is 10.1. The third kappa shape index (κ3) is 4.17. The van der Waals surface area contributed by atoms with Gasteiger partial charge >= 0.3 is 5.97 Å². The minimum Gasteiger partial charge on any atom is -0.497 e.